The van der Waals surface area contributed by atoms with Crippen LogP contribution in [0.5, 0.6) is 0 Å². The number of carbonyl (C=O) groups is 1. The molecule has 0 spiro atoms. The Labute approximate surface area is 136 Å². The summed E-state index contributed by atoms with van der Waals surface area (Å²) >= 11 is 6.02. The van der Waals surface area contributed by atoms with Gasteiger partial charge in [-0.3, -0.25) is 14.2 Å². The van der Waals surface area contributed by atoms with Crippen molar-refractivity contribution >= 4 is 17.5 Å². The van der Waals surface area contributed by atoms with Crippen molar-refractivity contribution in [3.05, 3.63) is 34.4 Å². The van der Waals surface area contributed by atoms with Gasteiger partial charge >= 0.3 is 0 Å². The molecule has 1 N–H and O–H groups in total. The van der Waals surface area contributed by atoms with Gasteiger partial charge < -0.3 is 5.32 Å². The lowest BCUT2D eigenvalue weighted by Gasteiger charge is -2.08. The molecule has 9 heteroatoms. The van der Waals surface area contributed by atoms with E-state index in [2.05, 4.69) is 15.5 Å². The van der Waals surface area contributed by atoms with Gasteiger partial charge in [0.2, 0.25) is 5.91 Å². The molecule has 0 unspecified atom stereocenters. The second kappa shape index (κ2) is 6.27. The number of rotatable bonds is 6. The molecule has 6 nitrogen and oxygen atoms in total. The fourth-order valence-electron chi connectivity index (χ4n) is 2.43. The fourth-order valence-corrected chi connectivity index (χ4v) is 2.81. The van der Waals surface area contributed by atoms with Gasteiger partial charge in [-0.25, -0.2) is 8.78 Å². The first kappa shape index (κ1) is 15.9. The van der Waals surface area contributed by atoms with Gasteiger partial charge in [-0.05, 0) is 18.9 Å². The second-order valence-electron chi connectivity index (χ2n) is 5.54. The van der Waals surface area contributed by atoms with E-state index in [9.17, 15) is 13.6 Å². The average molecular weight is 344 g/mol. The summed E-state index contributed by atoms with van der Waals surface area (Å²) in [6.45, 7) is 0.181. The number of amides is 1. The Kier molecular flexibility index (Phi) is 4.34. The number of hydrogen-bond donors (Lipinski definition) is 1. The van der Waals surface area contributed by atoms with Crippen LogP contribution in [0.25, 0.3) is 0 Å². The molecule has 2 heterocycles. The van der Waals surface area contributed by atoms with Crippen molar-refractivity contribution in [1.82, 2.24) is 24.9 Å². The average Bonchev–Trinajstić information content (AvgIpc) is 3.15. The lowest BCUT2D eigenvalue weighted by Crippen LogP contribution is -2.29. The van der Waals surface area contributed by atoms with E-state index in [1.165, 1.54) is 4.68 Å². The third-order valence-electron chi connectivity index (χ3n) is 3.81. The number of nitrogens with zero attached hydrogens (tertiary/aromatic N) is 4. The molecule has 1 aliphatic rings. The maximum atomic E-state index is 13.0. The molecule has 2 aromatic rings. The number of carbonyl (C=O) groups excluding carboxylic acids is 1. The molecule has 3 rings (SSSR count). The maximum Gasteiger partial charge on any atom is 0.283 e. The maximum absolute atomic E-state index is 13.0. The van der Waals surface area contributed by atoms with Crippen LogP contribution in [0.2, 0.25) is 5.02 Å². The molecule has 1 amide bonds. The summed E-state index contributed by atoms with van der Waals surface area (Å²) < 4.78 is 28.9. The minimum absolute atomic E-state index is 0.0121. The minimum atomic E-state index is -2.75. The third-order valence-corrected chi connectivity index (χ3v) is 4.20. The summed E-state index contributed by atoms with van der Waals surface area (Å²) in [6, 6.07) is 1.79. The minimum Gasteiger partial charge on any atom is -0.349 e. The molecule has 1 saturated carbocycles. The molecule has 23 heavy (non-hydrogen) atoms. The number of alkyl halides is 2. The fraction of sp³-hybridized carbons (Fsp3) is 0.500. The zero-order valence-corrected chi connectivity index (χ0v) is 13.2. The zero-order valence-electron chi connectivity index (χ0n) is 12.5. The summed E-state index contributed by atoms with van der Waals surface area (Å²) in [5.41, 5.74) is 0.929. The second-order valence-corrected chi connectivity index (χ2v) is 5.92. The van der Waals surface area contributed by atoms with Gasteiger partial charge in [0, 0.05) is 19.2 Å². The molecule has 2 aromatic heterocycles. The van der Waals surface area contributed by atoms with E-state index in [1.54, 1.807) is 24.0 Å². The van der Waals surface area contributed by atoms with Crippen LogP contribution in [0.3, 0.4) is 0 Å². The molecular weight excluding hydrogens is 328 g/mol. The Morgan fingerprint density at radius 2 is 2.26 bits per heavy atom. The molecule has 0 radical (unpaired) electrons. The summed E-state index contributed by atoms with van der Waals surface area (Å²) in [6.07, 6.45) is 0.642. The molecule has 1 fully saturated rings. The van der Waals surface area contributed by atoms with Gasteiger partial charge in [-0.15, -0.1) is 0 Å². The van der Waals surface area contributed by atoms with Crippen molar-refractivity contribution in [1.29, 1.82) is 0 Å². The SMILES string of the molecule is Cn1nccc1CNC(=O)Cn1nc(C(F)F)c(Cl)c1C1CC1. The van der Waals surface area contributed by atoms with Crippen LogP contribution in [0.1, 0.15) is 42.3 Å². The number of nitrogens with one attached hydrogen (secondary N) is 1. The van der Waals surface area contributed by atoms with E-state index < -0.39 is 12.1 Å². The zero-order chi connectivity index (χ0) is 16.6. The Morgan fingerprint density at radius 1 is 1.52 bits per heavy atom. The Hall–Kier alpha value is -1.96. The van der Waals surface area contributed by atoms with E-state index in [4.69, 9.17) is 11.6 Å². The Morgan fingerprint density at radius 3 is 2.83 bits per heavy atom. The largest absolute Gasteiger partial charge is 0.349 e. The van der Waals surface area contributed by atoms with Crippen molar-refractivity contribution < 1.29 is 13.6 Å². The van der Waals surface area contributed by atoms with Crippen molar-refractivity contribution in [3.63, 3.8) is 0 Å². The van der Waals surface area contributed by atoms with Gasteiger partial charge in [0.05, 0.1) is 23.0 Å². The van der Waals surface area contributed by atoms with Crippen LogP contribution in [0, 0.1) is 0 Å². The predicted octanol–water partition coefficient (Wildman–Crippen LogP) is 2.40. The highest BCUT2D eigenvalue weighted by Gasteiger charge is 2.34. The first-order chi connectivity index (χ1) is 11.0. The van der Waals surface area contributed by atoms with Crippen molar-refractivity contribution in [2.75, 3.05) is 0 Å². The van der Waals surface area contributed by atoms with Crippen molar-refractivity contribution in [2.24, 2.45) is 7.05 Å². The molecule has 0 bridgehead atoms. The summed E-state index contributed by atoms with van der Waals surface area (Å²) in [4.78, 5) is 12.1. The molecule has 0 aliphatic heterocycles. The van der Waals surface area contributed by atoms with Crippen molar-refractivity contribution in [3.8, 4) is 0 Å². The third kappa shape index (κ3) is 3.36. The molecule has 0 aromatic carbocycles. The van der Waals surface area contributed by atoms with Gasteiger partial charge in [0.25, 0.3) is 6.43 Å². The summed E-state index contributed by atoms with van der Waals surface area (Å²) in [7, 11) is 1.77. The molecule has 0 saturated heterocycles. The van der Waals surface area contributed by atoms with E-state index in [0.717, 1.165) is 18.5 Å². The van der Waals surface area contributed by atoms with Crippen molar-refractivity contribution in [2.45, 2.75) is 38.3 Å². The Balaban J connectivity index is 1.70. The van der Waals surface area contributed by atoms with Crippen LogP contribution in [-0.2, 0) is 24.9 Å². The number of hydrogen-bond acceptors (Lipinski definition) is 3. The highest BCUT2D eigenvalue weighted by atomic mass is 35.5. The van der Waals surface area contributed by atoms with Crippen LogP contribution in [0.15, 0.2) is 12.3 Å². The predicted molar refractivity (Wildman–Crippen MR) is 79.2 cm³/mol. The van der Waals surface area contributed by atoms with E-state index >= 15 is 0 Å². The lowest BCUT2D eigenvalue weighted by molar-refractivity contribution is -0.122. The molecule has 1 aliphatic carbocycles. The number of aromatic nitrogens is 4. The Bertz CT molecular complexity index is 723. The summed E-state index contributed by atoms with van der Waals surface area (Å²) in [5, 5.41) is 10.6. The normalized spacial score (nSPS) is 14.5. The van der Waals surface area contributed by atoms with Gasteiger partial charge in [-0.2, -0.15) is 10.2 Å². The summed E-state index contributed by atoms with van der Waals surface area (Å²) in [5.74, 6) is -0.194. The van der Waals surface area contributed by atoms with Gasteiger partial charge in [0.1, 0.15) is 12.2 Å². The standard InChI is InChI=1S/C14H16ClF2N5O/c1-21-9(4-5-19-21)6-18-10(23)7-22-13(8-2-3-8)11(15)12(20-22)14(16)17/h4-5,8,14H,2-3,6-7H2,1H3,(H,18,23). The van der Waals surface area contributed by atoms with Crippen LogP contribution < -0.4 is 5.32 Å². The number of halogens is 3. The van der Waals surface area contributed by atoms with E-state index in [-0.39, 0.29) is 23.4 Å². The monoisotopic (exact) mass is 343 g/mol. The lowest BCUT2D eigenvalue weighted by atomic mass is 10.2. The van der Waals surface area contributed by atoms with Gasteiger partial charge in [0.15, 0.2) is 0 Å². The van der Waals surface area contributed by atoms with E-state index in [0.29, 0.717) is 12.2 Å². The number of aryl methyl sites for hydroxylation is 1. The first-order valence-corrected chi connectivity index (χ1v) is 7.63. The highest BCUT2D eigenvalue weighted by Crippen LogP contribution is 2.45. The van der Waals surface area contributed by atoms with Gasteiger partial charge in [-0.1, -0.05) is 11.6 Å². The molecule has 124 valence electrons. The van der Waals surface area contributed by atoms with Crippen LogP contribution >= 0.6 is 11.6 Å². The molecular formula is C14H16ClF2N5O. The first-order valence-electron chi connectivity index (χ1n) is 7.25. The van der Waals surface area contributed by atoms with E-state index in [1.807, 2.05) is 0 Å². The van der Waals surface area contributed by atoms with Crippen LogP contribution in [-0.4, -0.2) is 25.5 Å². The highest BCUT2D eigenvalue weighted by molar-refractivity contribution is 6.32. The molecule has 0 atom stereocenters. The topological polar surface area (TPSA) is 64.7 Å². The quantitative estimate of drug-likeness (QED) is 0.876. The van der Waals surface area contributed by atoms with Crippen LogP contribution in [0.4, 0.5) is 8.78 Å². The smallest absolute Gasteiger partial charge is 0.283 e.